The van der Waals surface area contributed by atoms with Crippen molar-refractivity contribution in [2.45, 2.75) is 20.0 Å². The summed E-state index contributed by atoms with van der Waals surface area (Å²) in [6.45, 7) is 3.98. The highest BCUT2D eigenvalue weighted by atomic mass is 32.1. The number of carbonyl (C=O) groups excluding carboxylic acids is 1. The van der Waals surface area contributed by atoms with Gasteiger partial charge in [0.05, 0.1) is 10.5 Å². The molecule has 0 fully saturated rings. The zero-order chi connectivity index (χ0) is 24.4. The summed E-state index contributed by atoms with van der Waals surface area (Å²) in [7, 11) is 0. The number of ether oxygens (including phenoxy) is 1. The number of thiazole rings is 1. The number of benzene rings is 2. The normalized spacial score (nSPS) is 14.9. The van der Waals surface area contributed by atoms with Gasteiger partial charge in [0.15, 0.2) is 0 Å². The molecule has 1 atom stereocenters. The Kier molecular flexibility index (Phi) is 6.32. The lowest BCUT2D eigenvalue weighted by molar-refractivity contribution is 0.103. The molecule has 0 bridgehead atoms. The number of nitriles is 1. The fourth-order valence-electron chi connectivity index (χ4n) is 3.73. The first-order valence-electron chi connectivity index (χ1n) is 11.0. The molecule has 172 valence electrons. The molecule has 1 N–H and O–H groups in total. The molecule has 2 aromatic heterocycles. The number of allylic oxidation sites excluding steroid dienone is 1. The third kappa shape index (κ3) is 4.80. The third-order valence-electron chi connectivity index (χ3n) is 5.60. The van der Waals surface area contributed by atoms with Crippen molar-refractivity contribution >= 4 is 45.2 Å². The van der Waals surface area contributed by atoms with Crippen LogP contribution in [0.2, 0.25) is 0 Å². The van der Waals surface area contributed by atoms with Gasteiger partial charge in [0.25, 0.3) is 5.91 Å². The second kappa shape index (κ2) is 9.71. The van der Waals surface area contributed by atoms with E-state index in [1.54, 1.807) is 6.07 Å². The number of hydrogen-bond donors (Lipinski definition) is 1. The van der Waals surface area contributed by atoms with Gasteiger partial charge in [0.1, 0.15) is 33.6 Å². The Hall–Kier alpha value is -3.99. The van der Waals surface area contributed by atoms with E-state index in [1.165, 1.54) is 22.7 Å². The van der Waals surface area contributed by atoms with E-state index < -0.39 is 0 Å². The van der Waals surface area contributed by atoms with Crippen LogP contribution in [0.5, 0.6) is 5.75 Å². The fraction of sp³-hybridized carbons (Fsp3) is 0.107. The van der Waals surface area contributed by atoms with Gasteiger partial charge in [-0.15, -0.1) is 11.3 Å². The number of anilines is 1. The number of hydrogen-bond acceptors (Lipinski definition) is 6. The minimum atomic E-state index is -0.206. The molecular weight excluding hydrogens is 474 g/mol. The highest BCUT2D eigenvalue weighted by Crippen LogP contribution is 2.38. The number of aromatic nitrogens is 1. The Morgan fingerprint density at radius 2 is 1.94 bits per heavy atom. The average Bonchev–Trinajstić information content (AvgIpc) is 3.54. The Morgan fingerprint density at radius 1 is 1.14 bits per heavy atom. The maximum atomic E-state index is 12.8. The summed E-state index contributed by atoms with van der Waals surface area (Å²) in [5, 5.41) is 16.0. The number of thiophene rings is 1. The Labute approximate surface area is 211 Å². The molecule has 0 radical (unpaired) electrons. The van der Waals surface area contributed by atoms with Gasteiger partial charge >= 0.3 is 0 Å². The van der Waals surface area contributed by atoms with Crippen LogP contribution in [0.4, 0.5) is 5.00 Å². The van der Waals surface area contributed by atoms with Gasteiger partial charge in [0, 0.05) is 11.1 Å². The molecule has 0 saturated carbocycles. The van der Waals surface area contributed by atoms with E-state index in [0.717, 1.165) is 28.0 Å². The number of aryl methyl sites for hydroxylation is 1. The minimum Gasteiger partial charge on any atom is -0.485 e. The number of nitrogens with one attached hydrogen (secondary N) is 1. The quantitative estimate of drug-likeness (QED) is 0.297. The molecule has 1 aliphatic heterocycles. The van der Waals surface area contributed by atoms with Crippen molar-refractivity contribution in [2.75, 3.05) is 5.32 Å². The number of amides is 1. The lowest BCUT2D eigenvalue weighted by Crippen LogP contribution is -2.17. The molecule has 1 amide bonds. The molecular formula is C28H21N3O2S2. The highest BCUT2D eigenvalue weighted by Gasteiger charge is 2.22. The van der Waals surface area contributed by atoms with Crippen LogP contribution in [0.25, 0.3) is 22.9 Å². The van der Waals surface area contributed by atoms with Gasteiger partial charge in [-0.2, -0.15) is 5.26 Å². The summed E-state index contributed by atoms with van der Waals surface area (Å²) in [5.41, 5.74) is 4.92. The van der Waals surface area contributed by atoms with Crippen LogP contribution in [-0.4, -0.2) is 17.0 Å². The first-order chi connectivity index (χ1) is 17.0. The largest absolute Gasteiger partial charge is 0.485 e. The molecule has 0 aliphatic carbocycles. The predicted molar refractivity (Wildman–Crippen MR) is 143 cm³/mol. The molecule has 7 heteroatoms. The van der Waals surface area contributed by atoms with Crippen LogP contribution in [-0.2, 0) is 0 Å². The Bertz CT molecular complexity index is 1490. The summed E-state index contributed by atoms with van der Waals surface area (Å²) < 4.78 is 6.03. The first-order valence-corrected chi connectivity index (χ1v) is 12.7. The Balaban J connectivity index is 1.55. The van der Waals surface area contributed by atoms with Gasteiger partial charge in [-0.3, -0.25) is 4.79 Å². The van der Waals surface area contributed by atoms with Crippen molar-refractivity contribution in [3.8, 4) is 23.1 Å². The van der Waals surface area contributed by atoms with Crippen molar-refractivity contribution in [1.82, 2.24) is 4.98 Å². The third-order valence-corrected chi connectivity index (χ3v) is 7.47. The summed E-state index contributed by atoms with van der Waals surface area (Å²) in [6.07, 6.45) is 3.65. The SMILES string of the molecule is Cc1ccc(-c2nc(/C(C#N)=C/C3=Cc4ccccc4OC3C)sc2NC(=O)c2cccs2)cc1. The molecule has 3 heterocycles. The lowest BCUT2D eigenvalue weighted by Gasteiger charge is -2.22. The van der Waals surface area contributed by atoms with Gasteiger partial charge in [-0.05, 0) is 49.1 Å². The van der Waals surface area contributed by atoms with Crippen LogP contribution < -0.4 is 10.1 Å². The number of carbonyl (C=O) groups is 1. The first kappa shape index (κ1) is 22.8. The summed E-state index contributed by atoms with van der Waals surface area (Å²) in [5.74, 6) is 0.629. The van der Waals surface area contributed by atoms with Crippen LogP contribution in [0.3, 0.4) is 0 Å². The van der Waals surface area contributed by atoms with Crippen LogP contribution in [0.1, 0.15) is 32.7 Å². The maximum Gasteiger partial charge on any atom is 0.266 e. The number of para-hydroxylation sites is 1. The van der Waals surface area contributed by atoms with Crippen molar-refractivity contribution in [3.63, 3.8) is 0 Å². The van der Waals surface area contributed by atoms with Gasteiger partial charge in [0.2, 0.25) is 0 Å². The van der Waals surface area contributed by atoms with E-state index >= 15 is 0 Å². The standard InChI is InChI=1S/C28H21N3O2S2/c1-17-9-11-19(12-10-17)25-28(31-26(32)24-8-5-13-34-24)35-27(30-25)22(16-29)15-21-14-20-6-3-4-7-23(20)33-18(21)2/h3-15,18H,1-2H3,(H,31,32)/b22-15+. The van der Waals surface area contributed by atoms with Crippen molar-refractivity contribution in [2.24, 2.45) is 0 Å². The molecule has 5 rings (SSSR count). The van der Waals surface area contributed by atoms with E-state index in [-0.39, 0.29) is 12.0 Å². The van der Waals surface area contributed by atoms with Crippen molar-refractivity contribution < 1.29 is 9.53 Å². The molecule has 4 aromatic rings. The topological polar surface area (TPSA) is 75.0 Å². The smallest absolute Gasteiger partial charge is 0.266 e. The summed E-state index contributed by atoms with van der Waals surface area (Å²) in [6, 6.07) is 21.7. The highest BCUT2D eigenvalue weighted by molar-refractivity contribution is 7.17. The molecule has 1 unspecified atom stereocenters. The molecule has 35 heavy (non-hydrogen) atoms. The lowest BCUT2D eigenvalue weighted by atomic mass is 10.0. The monoisotopic (exact) mass is 495 g/mol. The fourth-order valence-corrected chi connectivity index (χ4v) is 5.30. The van der Waals surface area contributed by atoms with Crippen molar-refractivity contribution in [1.29, 1.82) is 5.26 Å². The van der Waals surface area contributed by atoms with E-state index in [1.807, 2.05) is 86.0 Å². The zero-order valence-corrected chi connectivity index (χ0v) is 20.7. The molecule has 1 aliphatic rings. The molecule has 5 nitrogen and oxygen atoms in total. The minimum absolute atomic E-state index is 0.195. The molecule has 0 spiro atoms. The van der Waals surface area contributed by atoms with E-state index in [4.69, 9.17) is 9.72 Å². The maximum absolute atomic E-state index is 12.8. The van der Waals surface area contributed by atoms with E-state index in [0.29, 0.717) is 26.2 Å². The average molecular weight is 496 g/mol. The molecule has 0 saturated heterocycles. The number of rotatable bonds is 5. The second-order valence-corrected chi connectivity index (χ2v) is 10.1. The zero-order valence-electron chi connectivity index (χ0n) is 19.1. The van der Waals surface area contributed by atoms with Crippen LogP contribution >= 0.6 is 22.7 Å². The van der Waals surface area contributed by atoms with Crippen molar-refractivity contribution in [3.05, 3.63) is 98.7 Å². The van der Waals surface area contributed by atoms with E-state index in [9.17, 15) is 10.1 Å². The van der Waals surface area contributed by atoms with Gasteiger partial charge in [-0.1, -0.05) is 65.4 Å². The van der Waals surface area contributed by atoms with Crippen LogP contribution in [0.15, 0.2) is 77.7 Å². The second-order valence-electron chi connectivity index (χ2n) is 8.11. The van der Waals surface area contributed by atoms with Crippen LogP contribution in [0, 0.1) is 18.3 Å². The Morgan fingerprint density at radius 3 is 2.69 bits per heavy atom. The van der Waals surface area contributed by atoms with Gasteiger partial charge < -0.3 is 10.1 Å². The van der Waals surface area contributed by atoms with Gasteiger partial charge in [-0.25, -0.2) is 4.98 Å². The predicted octanol–water partition coefficient (Wildman–Crippen LogP) is 7.20. The molecule has 2 aromatic carbocycles. The number of fused-ring (bicyclic) bond motifs is 1. The summed E-state index contributed by atoms with van der Waals surface area (Å²) >= 11 is 2.67. The summed E-state index contributed by atoms with van der Waals surface area (Å²) in [4.78, 5) is 18.2. The number of nitrogens with zero attached hydrogens (tertiary/aromatic N) is 2. The van der Waals surface area contributed by atoms with E-state index in [2.05, 4.69) is 11.4 Å².